The van der Waals surface area contributed by atoms with Gasteiger partial charge in [-0.05, 0) is 18.8 Å². The van der Waals surface area contributed by atoms with Crippen molar-refractivity contribution in [2.75, 3.05) is 0 Å². The van der Waals surface area contributed by atoms with Crippen molar-refractivity contribution in [3.05, 3.63) is 23.9 Å². The van der Waals surface area contributed by atoms with Crippen molar-refractivity contribution in [2.45, 2.75) is 18.9 Å². The summed E-state index contributed by atoms with van der Waals surface area (Å²) in [5.41, 5.74) is 6.27. The highest BCUT2D eigenvalue weighted by Gasteiger charge is 2.31. The molecule has 1 aliphatic carbocycles. The minimum atomic E-state index is -0.315. The first-order valence-electron chi connectivity index (χ1n) is 3.76. The highest BCUT2D eigenvalue weighted by atomic mass is 19.1. The molecule has 1 aliphatic rings. The second kappa shape index (κ2) is 2.34. The monoisotopic (exact) mass is 155 g/mol. The molecule has 0 aliphatic heterocycles. The molecule has 0 radical (unpaired) electrons. The van der Waals surface area contributed by atoms with Gasteiger partial charge in [0.15, 0.2) is 5.82 Å². The van der Waals surface area contributed by atoms with Crippen LogP contribution in [0, 0.1) is 11.7 Å². The summed E-state index contributed by atoms with van der Waals surface area (Å²) in [4.78, 5) is 0. The largest absolute Gasteiger partial charge is 0.469 e. The molecule has 1 fully saturated rings. The van der Waals surface area contributed by atoms with E-state index < -0.39 is 0 Å². The first-order chi connectivity index (χ1) is 5.29. The Hall–Kier alpha value is -0.830. The van der Waals surface area contributed by atoms with Crippen LogP contribution in [0.4, 0.5) is 4.39 Å². The number of nitrogens with two attached hydrogens (primary N) is 1. The fourth-order valence-corrected chi connectivity index (χ4v) is 1.24. The maximum atomic E-state index is 12.8. The van der Waals surface area contributed by atoms with Crippen molar-refractivity contribution in [1.82, 2.24) is 0 Å². The number of hydrogen-bond donors (Lipinski definition) is 1. The molecule has 0 bridgehead atoms. The Kier molecular flexibility index (Phi) is 1.46. The van der Waals surface area contributed by atoms with Crippen LogP contribution in [0.25, 0.3) is 0 Å². The molecule has 0 aromatic carbocycles. The summed E-state index contributed by atoms with van der Waals surface area (Å²) in [7, 11) is 0. The van der Waals surface area contributed by atoms with Crippen molar-refractivity contribution in [1.29, 1.82) is 0 Å². The Morgan fingerprint density at radius 1 is 1.55 bits per heavy atom. The summed E-state index contributed by atoms with van der Waals surface area (Å²) in [6.45, 7) is 0. The van der Waals surface area contributed by atoms with Gasteiger partial charge in [-0.2, -0.15) is 0 Å². The Morgan fingerprint density at radius 3 is 2.73 bits per heavy atom. The van der Waals surface area contributed by atoms with Crippen LogP contribution in [0.3, 0.4) is 0 Å². The average molecular weight is 155 g/mol. The average Bonchev–Trinajstić information content (AvgIpc) is 2.74. The van der Waals surface area contributed by atoms with Gasteiger partial charge >= 0.3 is 0 Å². The van der Waals surface area contributed by atoms with Gasteiger partial charge in [0.25, 0.3) is 0 Å². The van der Waals surface area contributed by atoms with E-state index in [1.807, 2.05) is 0 Å². The zero-order valence-electron chi connectivity index (χ0n) is 6.09. The molecule has 3 heteroatoms. The first kappa shape index (κ1) is 6.85. The number of halogens is 1. The van der Waals surface area contributed by atoms with Gasteiger partial charge < -0.3 is 10.2 Å². The van der Waals surface area contributed by atoms with Crippen molar-refractivity contribution in [3.63, 3.8) is 0 Å². The van der Waals surface area contributed by atoms with E-state index in [4.69, 9.17) is 5.73 Å². The van der Waals surface area contributed by atoms with E-state index in [1.54, 1.807) is 0 Å². The summed E-state index contributed by atoms with van der Waals surface area (Å²) in [6, 6.07) is -0.159. The molecule has 1 aromatic rings. The molecule has 2 N–H and O–H groups in total. The molecule has 1 atom stereocenters. The smallest absolute Gasteiger partial charge is 0.166 e. The van der Waals surface area contributed by atoms with Crippen LogP contribution in [0.1, 0.15) is 24.4 Å². The number of rotatable bonds is 2. The van der Waals surface area contributed by atoms with Crippen molar-refractivity contribution >= 4 is 0 Å². The summed E-state index contributed by atoms with van der Waals surface area (Å²) < 4.78 is 17.5. The zero-order chi connectivity index (χ0) is 7.84. The van der Waals surface area contributed by atoms with E-state index in [0.29, 0.717) is 11.5 Å². The molecule has 60 valence electrons. The summed E-state index contributed by atoms with van der Waals surface area (Å²) in [5, 5.41) is 0. The molecule has 2 nitrogen and oxygen atoms in total. The van der Waals surface area contributed by atoms with E-state index in [-0.39, 0.29) is 11.9 Å². The first-order valence-corrected chi connectivity index (χ1v) is 3.76. The minimum absolute atomic E-state index is 0.159. The fourth-order valence-electron chi connectivity index (χ4n) is 1.24. The normalized spacial score (nSPS) is 20.2. The Labute approximate surface area is 64.2 Å². The van der Waals surface area contributed by atoms with E-state index in [2.05, 4.69) is 4.42 Å². The van der Waals surface area contributed by atoms with Crippen LogP contribution in [0.15, 0.2) is 16.9 Å². The molecule has 11 heavy (non-hydrogen) atoms. The summed E-state index contributed by atoms with van der Waals surface area (Å²) in [5.74, 6) is 0.159. The molecule has 2 rings (SSSR count). The molecule has 1 heterocycles. The van der Waals surface area contributed by atoms with Gasteiger partial charge in [0.05, 0.1) is 6.26 Å². The number of hydrogen-bond acceptors (Lipinski definition) is 2. The van der Waals surface area contributed by atoms with Crippen LogP contribution < -0.4 is 5.73 Å². The zero-order valence-corrected chi connectivity index (χ0v) is 6.09. The minimum Gasteiger partial charge on any atom is -0.469 e. The van der Waals surface area contributed by atoms with Gasteiger partial charge in [-0.3, -0.25) is 0 Å². The molecule has 0 amide bonds. The van der Waals surface area contributed by atoms with Gasteiger partial charge in [0.1, 0.15) is 6.26 Å². The van der Waals surface area contributed by atoms with Crippen molar-refractivity contribution in [2.24, 2.45) is 11.7 Å². The fraction of sp³-hybridized carbons (Fsp3) is 0.500. The lowest BCUT2D eigenvalue weighted by molar-refractivity contribution is 0.532. The van der Waals surface area contributed by atoms with Crippen molar-refractivity contribution < 1.29 is 8.81 Å². The quantitative estimate of drug-likeness (QED) is 0.707. The molecular formula is C8H10FNO. The SMILES string of the molecule is N[C@H](c1cocc1F)C1CC1. The third-order valence-electron chi connectivity index (χ3n) is 2.13. The molecule has 1 aromatic heterocycles. The summed E-state index contributed by atoms with van der Waals surface area (Å²) >= 11 is 0. The summed E-state index contributed by atoms with van der Waals surface area (Å²) in [6.07, 6.45) is 4.73. The van der Waals surface area contributed by atoms with Gasteiger partial charge in [-0.1, -0.05) is 0 Å². The predicted octanol–water partition coefficient (Wildman–Crippen LogP) is 1.83. The Bertz CT molecular complexity index is 254. The Balaban J connectivity index is 2.20. The predicted molar refractivity (Wildman–Crippen MR) is 38.3 cm³/mol. The maximum Gasteiger partial charge on any atom is 0.166 e. The van der Waals surface area contributed by atoms with Crippen molar-refractivity contribution in [3.8, 4) is 0 Å². The molecule has 0 unspecified atom stereocenters. The third-order valence-corrected chi connectivity index (χ3v) is 2.13. The second-order valence-electron chi connectivity index (χ2n) is 3.04. The Morgan fingerprint density at radius 2 is 2.27 bits per heavy atom. The van der Waals surface area contributed by atoms with E-state index in [0.717, 1.165) is 19.1 Å². The van der Waals surface area contributed by atoms with Crippen LogP contribution in [0.2, 0.25) is 0 Å². The number of furan rings is 1. The topological polar surface area (TPSA) is 39.2 Å². The lowest BCUT2D eigenvalue weighted by Crippen LogP contribution is -2.12. The van der Waals surface area contributed by atoms with Crippen LogP contribution >= 0.6 is 0 Å². The standard InChI is InChI=1S/C8H10FNO/c9-7-4-11-3-6(7)8(10)5-1-2-5/h3-5,8H,1-2,10H2/t8-/m0/s1. The van der Waals surface area contributed by atoms with Gasteiger partial charge in [0.2, 0.25) is 0 Å². The van der Waals surface area contributed by atoms with Gasteiger partial charge in [0, 0.05) is 11.6 Å². The molecule has 1 saturated carbocycles. The highest BCUT2D eigenvalue weighted by Crippen LogP contribution is 2.40. The highest BCUT2D eigenvalue weighted by molar-refractivity contribution is 5.16. The van der Waals surface area contributed by atoms with E-state index in [9.17, 15) is 4.39 Å². The van der Waals surface area contributed by atoms with Crippen LogP contribution in [0.5, 0.6) is 0 Å². The van der Waals surface area contributed by atoms with E-state index >= 15 is 0 Å². The maximum absolute atomic E-state index is 12.8. The van der Waals surface area contributed by atoms with Gasteiger partial charge in [-0.25, -0.2) is 4.39 Å². The second-order valence-corrected chi connectivity index (χ2v) is 3.04. The lowest BCUT2D eigenvalue weighted by Gasteiger charge is -2.05. The lowest BCUT2D eigenvalue weighted by atomic mass is 10.1. The molecular weight excluding hydrogens is 145 g/mol. The third kappa shape index (κ3) is 1.16. The van der Waals surface area contributed by atoms with Crippen LogP contribution in [-0.2, 0) is 0 Å². The van der Waals surface area contributed by atoms with E-state index in [1.165, 1.54) is 6.26 Å². The molecule has 0 saturated heterocycles. The van der Waals surface area contributed by atoms with Crippen LogP contribution in [-0.4, -0.2) is 0 Å². The molecule has 0 spiro atoms. The van der Waals surface area contributed by atoms with Gasteiger partial charge in [-0.15, -0.1) is 0 Å².